The maximum atomic E-state index is 5.20. The third kappa shape index (κ3) is 4.17. The van der Waals surface area contributed by atoms with Gasteiger partial charge in [0.1, 0.15) is 6.67 Å². The summed E-state index contributed by atoms with van der Waals surface area (Å²) in [6.07, 6.45) is 0. The second-order valence-electron chi connectivity index (χ2n) is 10.5. The van der Waals surface area contributed by atoms with Crippen molar-refractivity contribution in [1.29, 1.82) is 0 Å². The Balaban J connectivity index is 1.43. The Morgan fingerprint density at radius 1 is 0.581 bits per heavy atom. The van der Waals surface area contributed by atoms with E-state index in [1.54, 1.807) is 0 Å². The number of hydrogen-bond acceptors (Lipinski definition) is 2. The van der Waals surface area contributed by atoms with Gasteiger partial charge in [-0.1, -0.05) is 121 Å². The van der Waals surface area contributed by atoms with Crippen molar-refractivity contribution in [1.82, 2.24) is 4.57 Å². The molecule has 0 spiro atoms. The van der Waals surface area contributed by atoms with Gasteiger partial charge in [-0.3, -0.25) is 0 Å². The average Bonchev–Trinajstić information content (AvgIpc) is 3.62. The molecule has 0 aliphatic heterocycles. The predicted octanol–water partition coefficient (Wildman–Crippen LogP) is 9.87. The van der Waals surface area contributed by atoms with Crippen LogP contribution in [0.4, 0.5) is 0 Å². The first-order chi connectivity index (χ1) is 21.3. The number of thiophene rings is 1. The number of amidine groups is 2. The first-order valence-electron chi connectivity index (χ1n) is 14.3. The minimum atomic E-state index is 0.401. The number of rotatable bonds is 4. The molecule has 0 unspecified atom stereocenters. The lowest BCUT2D eigenvalue weighted by Crippen LogP contribution is -2.07. The van der Waals surface area contributed by atoms with E-state index >= 15 is 0 Å². The van der Waals surface area contributed by atoms with Crippen LogP contribution in [0.25, 0.3) is 52.8 Å². The van der Waals surface area contributed by atoms with Crippen molar-refractivity contribution in [2.24, 2.45) is 15.0 Å². The number of hydrogen-bond donors (Lipinski definition) is 0. The van der Waals surface area contributed by atoms with Crippen LogP contribution in [-0.2, 0) is 6.67 Å². The third-order valence-corrected chi connectivity index (χ3v) is 9.21. The first-order valence-corrected chi connectivity index (χ1v) is 15.1. The number of para-hydroxylation sites is 1. The van der Waals surface area contributed by atoms with Gasteiger partial charge in [0.2, 0.25) is 0 Å². The molecular formula is C38H26N4S. The fourth-order valence-electron chi connectivity index (χ4n) is 6.15. The van der Waals surface area contributed by atoms with E-state index < -0.39 is 0 Å². The van der Waals surface area contributed by atoms with Crippen LogP contribution in [0.2, 0.25) is 0 Å². The zero-order chi connectivity index (χ0) is 28.8. The van der Waals surface area contributed by atoms with Gasteiger partial charge in [-0.05, 0) is 29.6 Å². The van der Waals surface area contributed by atoms with Gasteiger partial charge in [-0.15, -0.1) is 11.3 Å². The fourth-order valence-corrected chi connectivity index (χ4v) is 7.43. The molecule has 8 rings (SSSR count). The molecule has 4 nitrogen and oxygen atoms in total. The van der Waals surface area contributed by atoms with E-state index in [4.69, 9.17) is 9.98 Å². The van der Waals surface area contributed by atoms with Gasteiger partial charge in [0.25, 0.3) is 0 Å². The normalized spacial score (nSPS) is 12.7. The van der Waals surface area contributed by atoms with E-state index in [1.165, 1.54) is 47.2 Å². The topological polar surface area (TPSA) is 42.0 Å². The SMILES string of the molecule is C=NC(=N/C(=N\Cn1c2ccccc2c2c3ccccc3c3c4ccccc4sc3c21)c1ccccc1)c1ccccc1. The molecular weight excluding hydrogens is 545 g/mol. The summed E-state index contributed by atoms with van der Waals surface area (Å²) in [7, 11) is 0. The summed E-state index contributed by atoms with van der Waals surface area (Å²) in [6, 6.07) is 46.2. The molecule has 0 saturated carbocycles. The molecule has 0 atom stereocenters. The molecule has 5 heteroatoms. The molecule has 0 radical (unpaired) electrons. The van der Waals surface area contributed by atoms with Crippen molar-refractivity contribution in [2.75, 3.05) is 0 Å². The summed E-state index contributed by atoms with van der Waals surface area (Å²) in [5, 5.41) is 7.64. The van der Waals surface area contributed by atoms with Crippen LogP contribution in [-0.4, -0.2) is 23.0 Å². The Kier molecular flexibility index (Phi) is 6.16. The monoisotopic (exact) mass is 570 g/mol. The molecule has 0 N–H and O–H groups in total. The van der Waals surface area contributed by atoms with Gasteiger partial charge in [0, 0.05) is 37.4 Å². The maximum absolute atomic E-state index is 5.20. The van der Waals surface area contributed by atoms with Crippen molar-refractivity contribution in [2.45, 2.75) is 6.67 Å². The zero-order valence-electron chi connectivity index (χ0n) is 23.3. The Labute approximate surface area is 252 Å². The smallest absolute Gasteiger partial charge is 0.161 e. The van der Waals surface area contributed by atoms with Crippen LogP contribution >= 0.6 is 11.3 Å². The highest BCUT2D eigenvalue weighted by Crippen LogP contribution is 2.46. The maximum Gasteiger partial charge on any atom is 0.161 e. The van der Waals surface area contributed by atoms with E-state index in [9.17, 15) is 0 Å². The first kappa shape index (κ1) is 25.3. The Morgan fingerprint density at radius 3 is 1.84 bits per heavy atom. The number of aliphatic imine (C=N–C) groups is 3. The minimum Gasteiger partial charge on any atom is -0.319 e. The molecule has 0 saturated heterocycles. The predicted molar refractivity (Wildman–Crippen MR) is 185 cm³/mol. The number of fused-ring (bicyclic) bond motifs is 10. The Morgan fingerprint density at radius 2 is 1.14 bits per heavy atom. The molecule has 8 aromatic rings. The molecule has 0 aliphatic carbocycles. The Hall–Kier alpha value is -5.39. The van der Waals surface area contributed by atoms with E-state index in [2.05, 4.69) is 89.1 Å². The Bertz CT molecular complexity index is 2380. The summed E-state index contributed by atoms with van der Waals surface area (Å²) < 4.78 is 4.93. The van der Waals surface area contributed by atoms with Gasteiger partial charge in [0.15, 0.2) is 11.7 Å². The second kappa shape index (κ2) is 10.5. The van der Waals surface area contributed by atoms with E-state index in [0.29, 0.717) is 18.3 Å². The van der Waals surface area contributed by atoms with Gasteiger partial charge in [0.05, 0.1) is 15.7 Å². The summed E-state index contributed by atoms with van der Waals surface area (Å²) in [6.45, 7) is 4.22. The summed E-state index contributed by atoms with van der Waals surface area (Å²) >= 11 is 1.86. The molecule has 43 heavy (non-hydrogen) atoms. The van der Waals surface area contributed by atoms with Crippen molar-refractivity contribution in [3.8, 4) is 0 Å². The van der Waals surface area contributed by atoms with E-state index in [-0.39, 0.29) is 0 Å². The zero-order valence-corrected chi connectivity index (χ0v) is 24.1. The van der Waals surface area contributed by atoms with Crippen molar-refractivity contribution in [3.05, 3.63) is 145 Å². The molecule has 0 aliphatic rings. The van der Waals surface area contributed by atoms with Crippen LogP contribution in [0.1, 0.15) is 11.1 Å². The molecule has 6 aromatic carbocycles. The van der Waals surface area contributed by atoms with Crippen LogP contribution in [0.15, 0.2) is 148 Å². The van der Waals surface area contributed by atoms with Crippen LogP contribution in [0.3, 0.4) is 0 Å². The second-order valence-corrected chi connectivity index (χ2v) is 11.5. The molecule has 2 aromatic heterocycles. The quantitative estimate of drug-likeness (QED) is 0.149. The lowest BCUT2D eigenvalue weighted by molar-refractivity contribution is 0.794. The van der Waals surface area contributed by atoms with Crippen LogP contribution in [0, 0.1) is 0 Å². The van der Waals surface area contributed by atoms with Gasteiger partial charge < -0.3 is 4.57 Å². The number of aromatic nitrogens is 1. The fraction of sp³-hybridized carbons (Fsp3) is 0.0263. The number of benzene rings is 6. The van der Waals surface area contributed by atoms with E-state index in [1.807, 2.05) is 72.0 Å². The van der Waals surface area contributed by atoms with Crippen molar-refractivity contribution >= 4 is 82.5 Å². The van der Waals surface area contributed by atoms with Crippen molar-refractivity contribution in [3.63, 3.8) is 0 Å². The van der Waals surface area contributed by atoms with Gasteiger partial charge >= 0.3 is 0 Å². The number of nitrogens with zero attached hydrogens (tertiary/aromatic N) is 4. The highest BCUT2D eigenvalue weighted by Gasteiger charge is 2.20. The summed E-state index contributed by atoms with van der Waals surface area (Å²) in [4.78, 5) is 14.4. The molecule has 0 amide bonds. The van der Waals surface area contributed by atoms with Crippen LogP contribution < -0.4 is 0 Å². The summed E-state index contributed by atoms with van der Waals surface area (Å²) in [5.41, 5.74) is 4.19. The highest BCUT2D eigenvalue weighted by atomic mass is 32.1. The van der Waals surface area contributed by atoms with Crippen LogP contribution in [0.5, 0.6) is 0 Å². The lowest BCUT2D eigenvalue weighted by Gasteiger charge is -2.10. The minimum absolute atomic E-state index is 0.401. The van der Waals surface area contributed by atoms with E-state index in [0.717, 1.165) is 16.6 Å². The highest BCUT2D eigenvalue weighted by molar-refractivity contribution is 7.27. The largest absolute Gasteiger partial charge is 0.319 e. The summed E-state index contributed by atoms with van der Waals surface area (Å²) in [5.74, 6) is 1.16. The molecule has 0 fully saturated rings. The van der Waals surface area contributed by atoms with Gasteiger partial charge in [-0.25, -0.2) is 15.0 Å². The van der Waals surface area contributed by atoms with Crippen molar-refractivity contribution < 1.29 is 0 Å². The molecule has 2 heterocycles. The molecule has 204 valence electrons. The average molecular weight is 571 g/mol. The lowest BCUT2D eigenvalue weighted by atomic mass is 9.99. The third-order valence-electron chi connectivity index (χ3n) is 8.03. The standard InChI is InChI=1S/C38H26N4S/c1-39-37(25-14-4-2-5-15-25)41-38(26-16-6-3-7-17-26)40-24-42-31-22-12-10-20-29(31)33-27-18-8-9-19-28(27)34-30-21-11-13-23-32(30)43-36(34)35(33)42/h2-23H,1,24H2/b40-38-,41-37?. The van der Waals surface area contributed by atoms with Gasteiger partial charge in [-0.2, -0.15) is 0 Å². The molecule has 0 bridgehead atoms.